The standard InChI is InChI=1S/C19H18BrNO2S/c1-23-17-9-8-15(20)13-16(17)19-21(11-12-24-19)18(22)10-7-14-5-3-2-4-6-14/h2-10,13,19H,11-12H2,1H3/b10-7+. The number of thioether (sulfide) groups is 1. The van der Waals surface area contributed by atoms with Crippen LogP contribution < -0.4 is 4.74 Å². The van der Waals surface area contributed by atoms with Crippen molar-refractivity contribution in [2.75, 3.05) is 19.4 Å². The maximum atomic E-state index is 12.7. The molecule has 124 valence electrons. The summed E-state index contributed by atoms with van der Waals surface area (Å²) in [5.74, 6) is 1.75. The number of carbonyl (C=O) groups is 1. The van der Waals surface area contributed by atoms with E-state index < -0.39 is 0 Å². The molecular weight excluding hydrogens is 386 g/mol. The molecule has 1 amide bonds. The molecule has 24 heavy (non-hydrogen) atoms. The minimum Gasteiger partial charge on any atom is -0.496 e. The molecule has 0 spiro atoms. The number of benzene rings is 2. The van der Waals surface area contributed by atoms with Gasteiger partial charge in [-0.2, -0.15) is 0 Å². The molecule has 1 fully saturated rings. The van der Waals surface area contributed by atoms with Gasteiger partial charge in [0.1, 0.15) is 11.1 Å². The molecule has 3 nitrogen and oxygen atoms in total. The number of amides is 1. The molecule has 2 aromatic carbocycles. The number of rotatable bonds is 4. The lowest BCUT2D eigenvalue weighted by Crippen LogP contribution is -2.28. The summed E-state index contributed by atoms with van der Waals surface area (Å²) in [6.07, 6.45) is 3.51. The van der Waals surface area contributed by atoms with E-state index in [1.54, 1.807) is 24.9 Å². The summed E-state index contributed by atoms with van der Waals surface area (Å²) in [7, 11) is 1.66. The maximum absolute atomic E-state index is 12.7. The van der Waals surface area contributed by atoms with Gasteiger partial charge in [-0.15, -0.1) is 11.8 Å². The van der Waals surface area contributed by atoms with Crippen molar-refractivity contribution in [3.8, 4) is 5.75 Å². The van der Waals surface area contributed by atoms with E-state index in [2.05, 4.69) is 15.9 Å². The lowest BCUT2D eigenvalue weighted by Gasteiger charge is -2.24. The molecule has 0 aromatic heterocycles. The predicted octanol–water partition coefficient (Wildman–Crippen LogP) is 4.75. The summed E-state index contributed by atoms with van der Waals surface area (Å²) < 4.78 is 6.46. The fraction of sp³-hybridized carbons (Fsp3) is 0.211. The first kappa shape index (κ1) is 17.1. The Kier molecular flexibility index (Phi) is 5.63. The highest BCUT2D eigenvalue weighted by Gasteiger charge is 2.31. The highest BCUT2D eigenvalue weighted by atomic mass is 79.9. The SMILES string of the molecule is COc1ccc(Br)cc1C1SCCN1C(=O)/C=C/c1ccccc1. The van der Waals surface area contributed by atoms with Gasteiger partial charge >= 0.3 is 0 Å². The fourth-order valence-electron chi connectivity index (χ4n) is 2.68. The van der Waals surface area contributed by atoms with Crippen molar-refractivity contribution in [2.24, 2.45) is 0 Å². The van der Waals surface area contributed by atoms with Crippen molar-refractivity contribution in [1.82, 2.24) is 4.90 Å². The Morgan fingerprint density at radius 2 is 2.08 bits per heavy atom. The zero-order chi connectivity index (χ0) is 16.9. The molecule has 1 aliphatic heterocycles. The molecule has 0 saturated carbocycles. The van der Waals surface area contributed by atoms with Gasteiger partial charge < -0.3 is 9.64 Å². The quantitative estimate of drug-likeness (QED) is 0.690. The van der Waals surface area contributed by atoms with E-state index in [4.69, 9.17) is 4.74 Å². The third-order valence-corrected chi connectivity index (χ3v) is 5.59. The number of hydrogen-bond acceptors (Lipinski definition) is 3. The minimum atomic E-state index is -0.0228. The van der Waals surface area contributed by atoms with E-state index >= 15 is 0 Å². The lowest BCUT2D eigenvalue weighted by atomic mass is 10.1. The second-order valence-electron chi connectivity index (χ2n) is 5.39. The topological polar surface area (TPSA) is 29.5 Å². The molecule has 0 bridgehead atoms. The molecule has 0 aliphatic carbocycles. The lowest BCUT2D eigenvalue weighted by molar-refractivity contribution is -0.126. The van der Waals surface area contributed by atoms with Gasteiger partial charge in [0, 0.05) is 28.4 Å². The van der Waals surface area contributed by atoms with Gasteiger partial charge in [-0.3, -0.25) is 4.79 Å². The normalized spacial score (nSPS) is 17.4. The predicted molar refractivity (Wildman–Crippen MR) is 103 cm³/mol. The van der Waals surface area contributed by atoms with E-state index in [1.807, 2.05) is 59.5 Å². The van der Waals surface area contributed by atoms with Crippen molar-refractivity contribution in [2.45, 2.75) is 5.37 Å². The zero-order valence-electron chi connectivity index (χ0n) is 13.3. The second-order valence-corrected chi connectivity index (χ2v) is 7.49. The summed E-state index contributed by atoms with van der Waals surface area (Å²) in [6.45, 7) is 0.739. The number of hydrogen-bond donors (Lipinski definition) is 0. The van der Waals surface area contributed by atoms with Crippen molar-refractivity contribution in [3.63, 3.8) is 0 Å². The van der Waals surface area contributed by atoms with Crippen LogP contribution in [0.2, 0.25) is 0 Å². The molecule has 1 heterocycles. The van der Waals surface area contributed by atoms with E-state index in [0.717, 1.165) is 33.6 Å². The smallest absolute Gasteiger partial charge is 0.247 e. The third kappa shape index (κ3) is 3.84. The van der Waals surface area contributed by atoms with Crippen LogP contribution in [0.15, 0.2) is 59.1 Å². The number of carbonyl (C=O) groups excluding carboxylic acids is 1. The molecule has 1 aliphatic rings. The van der Waals surface area contributed by atoms with Gasteiger partial charge in [0.25, 0.3) is 0 Å². The van der Waals surface area contributed by atoms with E-state index in [9.17, 15) is 4.79 Å². The molecule has 5 heteroatoms. The minimum absolute atomic E-state index is 0.0228. The van der Waals surface area contributed by atoms with Gasteiger partial charge in [-0.25, -0.2) is 0 Å². The zero-order valence-corrected chi connectivity index (χ0v) is 15.7. The van der Waals surface area contributed by atoms with Gasteiger partial charge in [0.05, 0.1) is 7.11 Å². The number of halogens is 1. The van der Waals surface area contributed by atoms with Crippen LogP contribution in [0, 0.1) is 0 Å². The Morgan fingerprint density at radius 1 is 1.29 bits per heavy atom. The van der Waals surface area contributed by atoms with Crippen LogP contribution in [0.25, 0.3) is 6.08 Å². The first-order chi connectivity index (χ1) is 11.7. The van der Waals surface area contributed by atoms with Crippen LogP contribution in [-0.2, 0) is 4.79 Å². The first-order valence-corrected chi connectivity index (χ1v) is 9.52. The summed E-state index contributed by atoms with van der Waals surface area (Å²) in [5.41, 5.74) is 2.05. The Labute approximate surface area is 154 Å². The summed E-state index contributed by atoms with van der Waals surface area (Å²) in [6, 6.07) is 15.8. The van der Waals surface area contributed by atoms with Crippen molar-refractivity contribution in [1.29, 1.82) is 0 Å². The monoisotopic (exact) mass is 403 g/mol. The van der Waals surface area contributed by atoms with Crippen molar-refractivity contribution in [3.05, 3.63) is 70.2 Å². The van der Waals surface area contributed by atoms with Gasteiger partial charge in [0.15, 0.2) is 0 Å². The van der Waals surface area contributed by atoms with Crippen LogP contribution in [0.5, 0.6) is 5.75 Å². The molecule has 0 radical (unpaired) electrons. The first-order valence-electron chi connectivity index (χ1n) is 7.68. The van der Waals surface area contributed by atoms with Crippen molar-refractivity contribution < 1.29 is 9.53 Å². The molecule has 3 rings (SSSR count). The van der Waals surface area contributed by atoms with Crippen LogP contribution in [0.4, 0.5) is 0 Å². The average Bonchev–Trinajstić information content (AvgIpc) is 3.10. The Hall–Kier alpha value is -1.72. The number of ether oxygens (including phenoxy) is 1. The average molecular weight is 404 g/mol. The van der Waals surface area contributed by atoms with Gasteiger partial charge in [0.2, 0.25) is 5.91 Å². The fourth-order valence-corrected chi connectivity index (χ4v) is 4.34. The van der Waals surface area contributed by atoms with Crippen LogP contribution in [-0.4, -0.2) is 30.2 Å². The van der Waals surface area contributed by atoms with Crippen LogP contribution >= 0.6 is 27.7 Å². The summed E-state index contributed by atoms with van der Waals surface area (Å²) in [5, 5.41) is -0.0228. The summed E-state index contributed by atoms with van der Waals surface area (Å²) in [4.78, 5) is 14.6. The van der Waals surface area contributed by atoms with Crippen LogP contribution in [0.1, 0.15) is 16.5 Å². The molecule has 2 aromatic rings. The van der Waals surface area contributed by atoms with Crippen LogP contribution in [0.3, 0.4) is 0 Å². The third-order valence-electron chi connectivity index (χ3n) is 3.85. The molecule has 1 unspecified atom stereocenters. The maximum Gasteiger partial charge on any atom is 0.247 e. The van der Waals surface area contributed by atoms with Gasteiger partial charge in [-0.1, -0.05) is 46.3 Å². The molecule has 1 atom stereocenters. The highest BCUT2D eigenvalue weighted by Crippen LogP contribution is 2.42. The Bertz CT molecular complexity index is 748. The molecule has 1 saturated heterocycles. The van der Waals surface area contributed by atoms with E-state index in [-0.39, 0.29) is 11.3 Å². The van der Waals surface area contributed by atoms with Crippen molar-refractivity contribution >= 4 is 39.7 Å². The Balaban J connectivity index is 1.82. The van der Waals surface area contributed by atoms with E-state index in [0.29, 0.717) is 0 Å². The molecular formula is C19H18BrNO2S. The molecule has 0 N–H and O–H groups in total. The van der Waals surface area contributed by atoms with E-state index in [1.165, 1.54) is 0 Å². The number of nitrogens with zero attached hydrogens (tertiary/aromatic N) is 1. The Morgan fingerprint density at radius 3 is 2.83 bits per heavy atom. The number of methoxy groups -OCH3 is 1. The second kappa shape index (κ2) is 7.90. The summed E-state index contributed by atoms with van der Waals surface area (Å²) >= 11 is 5.27. The van der Waals surface area contributed by atoms with Gasteiger partial charge in [-0.05, 0) is 29.8 Å². The highest BCUT2D eigenvalue weighted by molar-refractivity contribution is 9.10. The largest absolute Gasteiger partial charge is 0.496 e.